The van der Waals surface area contributed by atoms with E-state index in [9.17, 15) is 4.79 Å². The Morgan fingerprint density at radius 3 is 2.92 bits per heavy atom. The molecule has 9 heteroatoms. The third-order valence-corrected chi connectivity index (χ3v) is 3.57. The lowest BCUT2D eigenvalue weighted by Gasteiger charge is -2.04. The maximum Gasteiger partial charge on any atom is 0.270 e. The van der Waals surface area contributed by atoms with Gasteiger partial charge in [0.25, 0.3) is 11.8 Å². The number of nitrogens with one attached hydrogen (secondary N) is 1. The molecule has 0 atom stereocenters. The Labute approximate surface area is 141 Å². The summed E-state index contributed by atoms with van der Waals surface area (Å²) in [5, 5.41) is 14.9. The average molecular weight is 335 g/mol. The standard InChI is InChI=1S/C16H13N7O2/c1-10-19-16(25-22-10)11-5-4-8-23-13(20-21-14(11)23)9-18-15(24)12-6-2-3-7-17-12/h2-8H,9H2,1H3,(H,18,24). The van der Waals surface area contributed by atoms with Crippen LogP contribution in [-0.4, -0.2) is 35.6 Å². The zero-order valence-electron chi connectivity index (χ0n) is 13.2. The number of fused-ring (bicyclic) bond motifs is 1. The van der Waals surface area contributed by atoms with Crippen LogP contribution in [0.1, 0.15) is 22.1 Å². The number of nitrogens with zero attached hydrogens (tertiary/aromatic N) is 6. The quantitative estimate of drug-likeness (QED) is 0.600. The van der Waals surface area contributed by atoms with Crippen LogP contribution in [0, 0.1) is 6.92 Å². The fraction of sp³-hybridized carbons (Fsp3) is 0.125. The Kier molecular flexibility index (Phi) is 3.65. The minimum absolute atomic E-state index is 0.211. The van der Waals surface area contributed by atoms with E-state index in [-0.39, 0.29) is 12.5 Å². The Balaban J connectivity index is 1.60. The van der Waals surface area contributed by atoms with Crippen molar-refractivity contribution in [3.63, 3.8) is 0 Å². The van der Waals surface area contributed by atoms with Gasteiger partial charge in [0.1, 0.15) is 5.69 Å². The Hall–Kier alpha value is -3.62. The number of pyridine rings is 2. The van der Waals surface area contributed by atoms with Gasteiger partial charge in [-0.2, -0.15) is 4.98 Å². The first kappa shape index (κ1) is 14.9. The van der Waals surface area contributed by atoms with Crippen molar-refractivity contribution in [2.24, 2.45) is 0 Å². The monoisotopic (exact) mass is 335 g/mol. The lowest BCUT2D eigenvalue weighted by Crippen LogP contribution is -2.24. The summed E-state index contributed by atoms with van der Waals surface area (Å²) in [6, 6.07) is 8.81. The molecule has 0 bridgehead atoms. The van der Waals surface area contributed by atoms with Crippen molar-refractivity contribution in [3.8, 4) is 11.5 Å². The third-order valence-electron chi connectivity index (χ3n) is 3.57. The maximum atomic E-state index is 12.1. The predicted octanol–water partition coefficient (Wildman–Crippen LogP) is 1.41. The lowest BCUT2D eigenvalue weighted by molar-refractivity contribution is 0.0945. The van der Waals surface area contributed by atoms with Crippen LogP contribution in [-0.2, 0) is 6.54 Å². The van der Waals surface area contributed by atoms with E-state index in [2.05, 4.69) is 30.6 Å². The van der Waals surface area contributed by atoms with E-state index in [1.807, 2.05) is 18.3 Å². The molecule has 0 aliphatic carbocycles. The highest BCUT2D eigenvalue weighted by Crippen LogP contribution is 2.21. The molecule has 1 N–H and O–H groups in total. The maximum absolute atomic E-state index is 12.1. The number of rotatable bonds is 4. The zero-order valence-corrected chi connectivity index (χ0v) is 13.2. The topological polar surface area (TPSA) is 111 Å². The molecule has 1 amide bonds. The van der Waals surface area contributed by atoms with Gasteiger partial charge in [-0.25, -0.2) is 0 Å². The fourth-order valence-electron chi connectivity index (χ4n) is 2.40. The van der Waals surface area contributed by atoms with E-state index < -0.39 is 0 Å². The Morgan fingerprint density at radius 2 is 2.16 bits per heavy atom. The highest BCUT2D eigenvalue weighted by molar-refractivity contribution is 5.92. The molecule has 0 aliphatic rings. The minimum atomic E-state index is -0.277. The summed E-state index contributed by atoms with van der Waals surface area (Å²) in [7, 11) is 0. The molecule has 4 aromatic heterocycles. The number of hydrogen-bond acceptors (Lipinski definition) is 7. The first-order valence-corrected chi connectivity index (χ1v) is 7.55. The van der Waals surface area contributed by atoms with Gasteiger partial charge in [-0.15, -0.1) is 10.2 Å². The van der Waals surface area contributed by atoms with E-state index in [1.54, 1.807) is 35.7 Å². The molecular formula is C16H13N7O2. The van der Waals surface area contributed by atoms with Crippen molar-refractivity contribution in [3.05, 3.63) is 60.1 Å². The summed E-state index contributed by atoms with van der Waals surface area (Å²) in [6.45, 7) is 1.96. The normalized spacial score (nSPS) is 10.9. The van der Waals surface area contributed by atoms with Gasteiger partial charge in [0.15, 0.2) is 17.3 Å². The van der Waals surface area contributed by atoms with Crippen LogP contribution >= 0.6 is 0 Å². The van der Waals surface area contributed by atoms with Crippen LogP contribution in [0.2, 0.25) is 0 Å². The van der Waals surface area contributed by atoms with Crippen molar-refractivity contribution >= 4 is 11.6 Å². The van der Waals surface area contributed by atoms with Crippen molar-refractivity contribution in [2.75, 3.05) is 0 Å². The molecule has 4 rings (SSSR count). The number of carbonyl (C=O) groups excluding carboxylic acids is 1. The minimum Gasteiger partial charge on any atom is -0.343 e. The van der Waals surface area contributed by atoms with E-state index in [4.69, 9.17) is 4.52 Å². The summed E-state index contributed by atoms with van der Waals surface area (Å²) in [6.07, 6.45) is 3.38. The van der Waals surface area contributed by atoms with Gasteiger partial charge in [-0.05, 0) is 31.2 Å². The van der Waals surface area contributed by atoms with Gasteiger partial charge >= 0.3 is 0 Å². The van der Waals surface area contributed by atoms with Crippen LogP contribution in [0.15, 0.2) is 47.2 Å². The number of aryl methyl sites for hydroxylation is 1. The summed E-state index contributed by atoms with van der Waals surface area (Å²) < 4.78 is 6.97. The molecule has 4 heterocycles. The molecule has 0 aromatic carbocycles. The van der Waals surface area contributed by atoms with E-state index in [1.165, 1.54) is 0 Å². The van der Waals surface area contributed by atoms with Gasteiger partial charge in [0.05, 0.1) is 12.1 Å². The first-order valence-electron chi connectivity index (χ1n) is 7.55. The molecule has 4 aromatic rings. The number of carbonyl (C=O) groups is 1. The van der Waals surface area contributed by atoms with Gasteiger partial charge in [0, 0.05) is 12.4 Å². The Bertz CT molecular complexity index is 1040. The van der Waals surface area contributed by atoms with Crippen LogP contribution in [0.4, 0.5) is 0 Å². The van der Waals surface area contributed by atoms with Gasteiger partial charge in [0.2, 0.25) is 0 Å². The summed E-state index contributed by atoms with van der Waals surface area (Å²) in [5.41, 5.74) is 1.60. The van der Waals surface area contributed by atoms with Gasteiger partial charge in [-0.3, -0.25) is 14.2 Å². The zero-order chi connectivity index (χ0) is 17.2. The predicted molar refractivity (Wildman–Crippen MR) is 86.4 cm³/mol. The Morgan fingerprint density at radius 1 is 1.24 bits per heavy atom. The smallest absolute Gasteiger partial charge is 0.270 e. The van der Waals surface area contributed by atoms with Crippen molar-refractivity contribution in [1.29, 1.82) is 0 Å². The lowest BCUT2D eigenvalue weighted by atomic mass is 10.2. The molecule has 0 unspecified atom stereocenters. The molecule has 0 aliphatic heterocycles. The molecule has 0 spiro atoms. The van der Waals surface area contributed by atoms with E-state index >= 15 is 0 Å². The van der Waals surface area contributed by atoms with Crippen LogP contribution in [0.25, 0.3) is 17.1 Å². The van der Waals surface area contributed by atoms with Crippen molar-refractivity contribution in [2.45, 2.75) is 13.5 Å². The number of aromatic nitrogens is 6. The summed E-state index contributed by atoms with van der Waals surface area (Å²) in [5.74, 6) is 1.22. The largest absolute Gasteiger partial charge is 0.343 e. The highest BCUT2D eigenvalue weighted by atomic mass is 16.5. The number of amides is 1. The fourth-order valence-corrected chi connectivity index (χ4v) is 2.40. The van der Waals surface area contributed by atoms with Gasteiger partial charge < -0.3 is 9.84 Å². The second-order valence-electron chi connectivity index (χ2n) is 5.28. The molecular weight excluding hydrogens is 322 g/mol. The molecule has 0 saturated carbocycles. The first-order chi connectivity index (χ1) is 12.2. The SMILES string of the molecule is Cc1noc(-c2cccn3c(CNC(=O)c4ccccn4)nnc23)n1. The van der Waals surface area contributed by atoms with Crippen molar-refractivity contribution < 1.29 is 9.32 Å². The van der Waals surface area contributed by atoms with Crippen molar-refractivity contribution in [1.82, 2.24) is 35.0 Å². The molecule has 25 heavy (non-hydrogen) atoms. The molecule has 124 valence electrons. The molecule has 0 radical (unpaired) electrons. The van der Waals surface area contributed by atoms with Gasteiger partial charge in [-0.1, -0.05) is 11.2 Å². The molecule has 0 fully saturated rings. The highest BCUT2D eigenvalue weighted by Gasteiger charge is 2.15. The average Bonchev–Trinajstić information content (AvgIpc) is 3.26. The number of hydrogen-bond donors (Lipinski definition) is 1. The van der Waals surface area contributed by atoms with Crippen LogP contribution < -0.4 is 5.32 Å². The molecule has 0 saturated heterocycles. The van der Waals surface area contributed by atoms with Crippen LogP contribution in [0.5, 0.6) is 0 Å². The second kappa shape index (κ2) is 6.11. The third kappa shape index (κ3) is 2.82. The second-order valence-corrected chi connectivity index (χ2v) is 5.28. The van der Waals surface area contributed by atoms with E-state index in [0.717, 1.165) is 0 Å². The van der Waals surface area contributed by atoms with Crippen LogP contribution in [0.3, 0.4) is 0 Å². The summed E-state index contributed by atoms with van der Waals surface area (Å²) in [4.78, 5) is 20.3. The van der Waals surface area contributed by atoms with E-state index in [0.29, 0.717) is 34.4 Å². The molecule has 9 nitrogen and oxygen atoms in total. The summed E-state index contributed by atoms with van der Waals surface area (Å²) >= 11 is 0.